The summed E-state index contributed by atoms with van der Waals surface area (Å²) in [5.74, 6) is 0. The van der Waals surface area contributed by atoms with Gasteiger partial charge in [0.15, 0.2) is 5.69 Å². The summed E-state index contributed by atoms with van der Waals surface area (Å²) in [6.45, 7) is 0. The Morgan fingerprint density at radius 3 is 2.38 bits per heavy atom. The Morgan fingerprint density at radius 1 is 1.31 bits per heavy atom. The summed E-state index contributed by atoms with van der Waals surface area (Å²) in [5, 5.41) is 24.1. The molecule has 0 saturated carbocycles. The lowest BCUT2D eigenvalue weighted by atomic mass is 10.2. The van der Waals surface area contributed by atoms with Gasteiger partial charge in [0.2, 0.25) is 0 Å². The zero-order chi connectivity index (χ0) is 12.3. The van der Waals surface area contributed by atoms with E-state index in [1.807, 2.05) is 0 Å². The SMILES string of the molecule is [N-]=[N+]=Nc1ccc([N+](=O)[O-])c(N)c1[N+](=O)[O-]. The van der Waals surface area contributed by atoms with Crippen LogP contribution in [0, 0.1) is 20.2 Å². The molecule has 1 aromatic rings. The van der Waals surface area contributed by atoms with Crippen LogP contribution in [-0.2, 0) is 0 Å². The second-order valence-corrected chi connectivity index (χ2v) is 2.57. The maximum absolute atomic E-state index is 10.6. The average molecular weight is 224 g/mol. The van der Waals surface area contributed by atoms with Gasteiger partial charge in [-0.25, -0.2) is 0 Å². The van der Waals surface area contributed by atoms with Gasteiger partial charge >= 0.3 is 5.69 Å². The summed E-state index contributed by atoms with van der Waals surface area (Å²) < 4.78 is 0. The van der Waals surface area contributed by atoms with Gasteiger partial charge in [0.1, 0.15) is 5.69 Å². The number of benzene rings is 1. The van der Waals surface area contributed by atoms with Crippen LogP contribution in [-0.4, -0.2) is 9.85 Å². The van der Waals surface area contributed by atoms with Gasteiger partial charge in [0.05, 0.1) is 9.85 Å². The predicted molar refractivity (Wildman–Crippen MR) is 53.0 cm³/mol. The van der Waals surface area contributed by atoms with E-state index in [0.717, 1.165) is 12.1 Å². The Balaban J connectivity index is 3.60. The van der Waals surface area contributed by atoms with Crippen molar-refractivity contribution in [1.29, 1.82) is 0 Å². The molecule has 0 unspecified atom stereocenters. The summed E-state index contributed by atoms with van der Waals surface area (Å²) in [6.07, 6.45) is 0. The van der Waals surface area contributed by atoms with Gasteiger partial charge in [-0.3, -0.25) is 20.2 Å². The Labute approximate surface area is 87.2 Å². The van der Waals surface area contributed by atoms with Crippen molar-refractivity contribution in [3.63, 3.8) is 0 Å². The zero-order valence-electron chi connectivity index (χ0n) is 7.60. The van der Waals surface area contributed by atoms with Crippen molar-refractivity contribution in [1.82, 2.24) is 0 Å². The molecule has 0 atom stereocenters. The van der Waals surface area contributed by atoms with Crippen molar-refractivity contribution >= 4 is 22.7 Å². The van der Waals surface area contributed by atoms with Crippen LogP contribution in [0.2, 0.25) is 0 Å². The van der Waals surface area contributed by atoms with Crippen LogP contribution < -0.4 is 5.73 Å². The van der Waals surface area contributed by atoms with Crippen LogP contribution in [0.1, 0.15) is 0 Å². The molecule has 0 spiro atoms. The standard InChI is InChI=1S/C6H4N6O4/c7-5-4(11(13)14)2-1-3(9-10-8)6(5)12(15)16/h1-2H,7H2. The Morgan fingerprint density at radius 2 is 1.94 bits per heavy atom. The van der Waals surface area contributed by atoms with Gasteiger partial charge in [-0.2, -0.15) is 0 Å². The molecular weight excluding hydrogens is 220 g/mol. The molecule has 0 fully saturated rings. The third-order valence-electron chi connectivity index (χ3n) is 1.70. The van der Waals surface area contributed by atoms with Crippen LogP contribution in [0.4, 0.5) is 22.7 Å². The van der Waals surface area contributed by atoms with Crippen LogP contribution in [0.15, 0.2) is 17.2 Å². The first-order valence-electron chi connectivity index (χ1n) is 3.75. The van der Waals surface area contributed by atoms with E-state index in [-0.39, 0.29) is 5.69 Å². The monoisotopic (exact) mass is 224 g/mol. The third-order valence-corrected chi connectivity index (χ3v) is 1.70. The van der Waals surface area contributed by atoms with Crippen LogP contribution >= 0.6 is 0 Å². The molecule has 0 heterocycles. The minimum absolute atomic E-state index is 0.365. The number of nitrogens with zero attached hydrogens (tertiary/aromatic N) is 5. The molecule has 82 valence electrons. The molecular formula is C6H4N6O4. The van der Waals surface area contributed by atoms with Gasteiger partial charge in [-0.1, -0.05) is 5.11 Å². The number of hydrogen-bond acceptors (Lipinski definition) is 6. The fraction of sp³-hybridized carbons (Fsp3) is 0. The molecule has 0 bridgehead atoms. The Hall–Kier alpha value is -2.87. The molecule has 0 aliphatic carbocycles. The van der Waals surface area contributed by atoms with E-state index >= 15 is 0 Å². The van der Waals surface area contributed by atoms with E-state index in [1.165, 1.54) is 0 Å². The van der Waals surface area contributed by atoms with Crippen molar-refractivity contribution in [3.8, 4) is 0 Å². The first-order chi connectivity index (χ1) is 7.49. The number of azide groups is 1. The Bertz CT molecular complexity index is 520. The summed E-state index contributed by atoms with van der Waals surface area (Å²) in [5.41, 5.74) is 11.0. The summed E-state index contributed by atoms with van der Waals surface area (Å²) >= 11 is 0. The van der Waals surface area contributed by atoms with E-state index in [4.69, 9.17) is 11.3 Å². The molecule has 1 aromatic carbocycles. The molecule has 10 nitrogen and oxygen atoms in total. The predicted octanol–water partition coefficient (Wildman–Crippen LogP) is 2.03. The quantitative estimate of drug-likeness (QED) is 0.207. The molecule has 0 saturated heterocycles. The Kier molecular flexibility index (Phi) is 2.88. The second-order valence-electron chi connectivity index (χ2n) is 2.57. The molecule has 10 heteroatoms. The maximum atomic E-state index is 10.6. The fourth-order valence-corrected chi connectivity index (χ4v) is 1.07. The fourth-order valence-electron chi connectivity index (χ4n) is 1.07. The lowest BCUT2D eigenvalue weighted by Crippen LogP contribution is -2.00. The lowest BCUT2D eigenvalue weighted by Gasteiger charge is -2.00. The molecule has 0 amide bonds. The normalized spacial score (nSPS) is 9.25. The molecule has 0 aromatic heterocycles. The van der Waals surface area contributed by atoms with Crippen LogP contribution in [0.3, 0.4) is 0 Å². The first kappa shape index (κ1) is 11.2. The highest BCUT2D eigenvalue weighted by atomic mass is 16.6. The number of nitro groups is 2. The molecule has 0 radical (unpaired) electrons. The van der Waals surface area contributed by atoms with E-state index in [0.29, 0.717) is 0 Å². The van der Waals surface area contributed by atoms with E-state index in [9.17, 15) is 20.2 Å². The van der Waals surface area contributed by atoms with Crippen molar-refractivity contribution in [2.75, 3.05) is 5.73 Å². The number of hydrogen-bond donors (Lipinski definition) is 1. The summed E-state index contributed by atoms with van der Waals surface area (Å²) in [6, 6.07) is 1.90. The topological polar surface area (TPSA) is 161 Å². The highest BCUT2D eigenvalue weighted by molar-refractivity contribution is 5.80. The molecule has 2 N–H and O–H groups in total. The summed E-state index contributed by atoms with van der Waals surface area (Å²) in [7, 11) is 0. The van der Waals surface area contributed by atoms with Gasteiger partial charge in [-0.15, -0.1) is 0 Å². The highest BCUT2D eigenvalue weighted by Crippen LogP contribution is 2.39. The smallest absolute Gasteiger partial charge is 0.308 e. The molecule has 1 rings (SSSR count). The van der Waals surface area contributed by atoms with Gasteiger partial charge in [0.25, 0.3) is 5.69 Å². The van der Waals surface area contributed by atoms with E-state index in [1.54, 1.807) is 0 Å². The van der Waals surface area contributed by atoms with Crippen molar-refractivity contribution < 1.29 is 9.85 Å². The minimum atomic E-state index is -0.938. The van der Waals surface area contributed by atoms with Crippen LogP contribution in [0.25, 0.3) is 10.4 Å². The number of nitro benzene ring substituents is 2. The van der Waals surface area contributed by atoms with Crippen molar-refractivity contribution in [2.24, 2.45) is 5.11 Å². The van der Waals surface area contributed by atoms with Crippen LogP contribution in [0.5, 0.6) is 0 Å². The van der Waals surface area contributed by atoms with E-state index in [2.05, 4.69) is 10.0 Å². The number of nitrogens with two attached hydrogens (primary N) is 1. The van der Waals surface area contributed by atoms with Gasteiger partial charge in [0, 0.05) is 11.0 Å². The first-order valence-corrected chi connectivity index (χ1v) is 3.75. The van der Waals surface area contributed by atoms with E-state index < -0.39 is 26.9 Å². The van der Waals surface area contributed by atoms with Gasteiger partial charge < -0.3 is 5.73 Å². The average Bonchev–Trinajstić information content (AvgIpc) is 2.17. The zero-order valence-corrected chi connectivity index (χ0v) is 7.60. The largest absolute Gasteiger partial charge is 0.387 e. The molecule has 0 aliphatic rings. The van der Waals surface area contributed by atoms with Crippen molar-refractivity contribution in [3.05, 3.63) is 42.8 Å². The molecule has 16 heavy (non-hydrogen) atoms. The second kappa shape index (κ2) is 4.11. The minimum Gasteiger partial charge on any atom is -0.387 e. The summed E-state index contributed by atoms with van der Waals surface area (Å²) in [4.78, 5) is 21.6. The third kappa shape index (κ3) is 1.81. The van der Waals surface area contributed by atoms with Crippen molar-refractivity contribution in [2.45, 2.75) is 0 Å². The lowest BCUT2D eigenvalue weighted by molar-refractivity contribution is -0.391. The number of nitrogen functional groups attached to an aromatic ring is 1. The molecule has 0 aliphatic heterocycles. The number of rotatable bonds is 3. The highest BCUT2D eigenvalue weighted by Gasteiger charge is 2.25. The number of anilines is 1. The maximum Gasteiger partial charge on any atom is 0.308 e. The van der Waals surface area contributed by atoms with Gasteiger partial charge in [-0.05, 0) is 11.6 Å².